The standard InChI is InChI=1S/C28H38FN3O3S/c1-22-11-18-36-26(22)20-32(19-23-7-9-25(29)10-8-23)27(33)21-31(13-12-30-14-16-35-17-15-30)28(34)24-5-3-2-4-6-24/h7-11,18,24H,2-6,12-17,19-21H2,1H3. The molecule has 6 nitrogen and oxygen atoms in total. The van der Waals surface area contributed by atoms with E-state index in [-0.39, 0.29) is 30.1 Å². The maximum absolute atomic E-state index is 13.7. The molecule has 4 rings (SSSR count). The third-order valence-corrected chi connectivity index (χ3v) is 8.33. The van der Waals surface area contributed by atoms with E-state index in [4.69, 9.17) is 4.74 Å². The van der Waals surface area contributed by atoms with E-state index in [0.717, 1.165) is 61.3 Å². The van der Waals surface area contributed by atoms with E-state index in [1.807, 2.05) is 17.2 Å². The van der Waals surface area contributed by atoms with Crippen LogP contribution in [-0.4, -0.2) is 72.5 Å². The molecule has 1 aromatic heterocycles. The lowest BCUT2D eigenvalue weighted by atomic mass is 9.88. The van der Waals surface area contributed by atoms with Gasteiger partial charge in [0.05, 0.1) is 26.3 Å². The van der Waals surface area contributed by atoms with Crippen molar-refractivity contribution in [1.82, 2.24) is 14.7 Å². The largest absolute Gasteiger partial charge is 0.379 e. The predicted molar refractivity (Wildman–Crippen MR) is 140 cm³/mol. The van der Waals surface area contributed by atoms with E-state index >= 15 is 0 Å². The first-order valence-electron chi connectivity index (χ1n) is 13.1. The molecule has 0 spiro atoms. The summed E-state index contributed by atoms with van der Waals surface area (Å²) in [4.78, 5) is 34.3. The number of benzene rings is 1. The van der Waals surface area contributed by atoms with Crippen LogP contribution in [-0.2, 0) is 27.4 Å². The number of hydrogen-bond acceptors (Lipinski definition) is 5. The van der Waals surface area contributed by atoms with Crippen LogP contribution in [0.15, 0.2) is 35.7 Å². The number of aryl methyl sites for hydroxylation is 1. The highest BCUT2D eigenvalue weighted by Gasteiger charge is 2.29. The third kappa shape index (κ3) is 7.60. The average molecular weight is 516 g/mol. The summed E-state index contributed by atoms with van der Waals surface area (Å²) in [5.41, 5.74) is 2.02. The molecule has 0 atom stereocenters. The lowest BCUT2D eigenvalue weighted by Gasteiger charge is -2.34. The second-order valence-corrected chi connectivity index (χ2v) is 11.0. The van der Waals surface area contributed by atoms with Gasteiger partial charge in [0, 0.05) is 43.5 Å². The van der Waals surface area contributed by atoms with Gasteiger partial charge >= 0.3 is 0 Å². The quantitative estimate of drug-likeness (QED) is 0.469. The molecule has 8 heteroatoms. The fourth-order valence-electron chi connectivity index (χ4n) is 5.01. The molecule has 196 valence electrons. The molecule has 2 aromatic rings. The highest BCUT2D eigenvalue weighted by atomic mass is 32.1. The van der Waals surface area contributed by atoms with Crippen LogP contribution < -0.4 is 0 Å². The minimum atomic E-state index is -0.293. The Morgan fingerprint density at radius 3 is 2.42 bits per heavy atom. The normalized spacial score (nSPS) is 17.2. The lowest BCUT2D eigenvalue weighted by Crippen LogP contribution is -2.48. The van der Waals surface area contributed by atoms with Crippen LogP contribution in [0.25, 0.3) is 0 Å². The number of morpholine rings is 1. The van der Waals surface area contributed by atoms with Crippen molar-refractivity contribution in [2.24, 2.45) is 5.92 Å². The summed E-state index contributed by atoms with van der Waals surface area (Å²) >= 11 is 1.63. The average Bonchev–Trinajstić information content (AvgIpc) is 3.32. The van der Waals surface area contributed by atoms with Gasteiger partial charge in [-0.2, -0.15) is 0 Å². The van der Waals surface area contributed by atoms with Gasteiger partial charge in [-0.25, -0.2) is 4.39 Å². The monoisotopic (exact) mass is 515 g/mol. The number of thiophene rings is 1. The molecule has 1 aliphatic carbocycles. The van der Waals surface area contributed by atoms with Crippen molar-refractivity contribution in [2.45, 2.75) is 52.1 Å². The SMILES string of the molecule is Cc1ccsc1CN(Cc1ccc(F)cc1)C(=O)CN(CCN1CCOCC1)C(=O)C1CCCCC1. The number of rotatable bonds is 10. The van der Waals surface area contributed by atoms with Gasteiger partial charge < -0.3 is 14.5 Å². The van der Waals surface area contributed by atoms with Crippen molar-refractivity contribution in [3.63, 3.8) is 0 Å². The second kappa shape index (κ2) is 13.3. The molecule has 2 heterocycles. The summed E-state index contributed by atoms with van der Waals surface area (Å²) < 4.78 is 18.9. The Labute approximate surface area is 218 Å². The topological polar surface area (TPSA) is 53.1 Å². The molecular formula is C28H38FN3O3S. The molecule has 0 radical (unpaired) electrons. The van der Waals surface area contributed by atoms with Crippen LogP contribution in [0, 0.1) is 18.7 Å². The molecule has 1 saturated carbocycles. The molecule has 2 aliphatic rings. The van der Waals surface area contributed by atoms with Gasteiger partial charge in [0.2, 0.25) is 11.8 Å². The Kier molecular flexibility index (Phi) is 9.90. The number of amides is 2. The number of carbonyl (C=O) groups excluding carboxylic acids is 2. The molecule has 1 saturated heterocycles. The van der Waals surface area contributed by atoms with Gasteiger partial charge in [-0.3, -0.25) is 14.5 Å². The Morgan fingerprint density at radius 2 is 1.75 bits per heavy atom. The zero-order valence-corrected chi connectivity index (χ0v) is 22.1. The van der Waals surface area contributed by atoms with Crippen LogP contribution in [0.3, 0.4) is 0 Å². The minimum Gasteiger partial charge on any atom is -0.379 e. The van der Waals surface area contributed by atoms with E-state index in [1.165, 1.54) is 18.6 Å². The van der Waals surface area contributed by atoms with Crippen LogP contribution in [0.5, 0.6) is 0 Å². The highest BCUT2D eigenvalue weighted by Crippen LogP contribution is 2.26. The van der Waals surface area contributed by atoms with Gasteiger partial charge in [0.15, 0.2) is 0 Å². The molecule has 36 heavy (non-hydrogen) atoms. The van der Waals surface area contributed by atoms with E-state index in [2.05, 4.69) is 11.0 Å². The number of nitrogens with zero attached hydrogens (tertiary/aromatic N) is 3. The number of carbonyl (C=O) groups is 2. The van der Waals surface area contributed by atoms with Gasteiger partial charge in [0.25, 0.3) is 0 Å². The number of halogens is 1. The first-order valence-corrected chi connectivity index (χ1v) is 14.0. The summed E-state index contributed by atoms with van der Waals surface area (Å²) in [5.74, 6) is -0.233. The van der Waals surface area contributed by atoms with Crippen molar-refractivity contribution in [3.05, 3.63) is 57.5 Å². The van der Waals surface area contributed by atoms with E-state index in [0.29, 0.717) is 32.8 Å². The van der Waals surface area contributed by atoms with Crippen molar-refractivity contribution in [3.8, 4) is 0 Å². The fraction of sp³-hybridized carbons (Fsp3) is 0.571. The number of hydrogen-bond donors (Lipinski definition) is 0. The van der Waals surface area contributed by atoms with Crippen LogP contribution >= 0.6 is 11.3 Å². The maximum atomic E-state index is 13.7. The first kappa shape index (κ1) is 26.8. The molecule has 0 bridgehead atoms. The van der Waals surface area contributed by atoms with Crippen LogP contribution in [0.2, 0.25) is 0 Å². The van der Waals surface area contributed by atoms with Gasteiger partial charge in [0.1, 0.15) is 5.82 Å². The molecule has 0 N–H and O–H groups in total. The Bertz CT molecular complexity index is 984. The zero-order valence-electron chi connectivity index (χ0n) is 21.3. The van der Waals surface area contributed by atoms with E-state index in [1.54, 1.807) is 28.4 Å². The van der Waals surface area contributed by atoms with Gasteiger partial charge in [-0.1, -0.05) is 31.4 Å². The van der Waals surface area contributed by atoms with E-state index < -0.39 is 0 Å². The lowest BCUT2D eigenvalue weighted by molar-refractivity contribution is -0.144. The van der Waals surface area contributed by atoms with Crippen LogP contribution in [0.4, 0.5) is 4.39 Å². The number of ether oxygens (including phenoxy) is 1. The maximum Gasteiger partial charge on any atom is 0.242 e. The molecule has 2 amide bonds. The zero-order chi connectivity index (χ0) is 25.3. The summed E-state index contributed by atoms with van der Waals surface area (Å²) in [5, 5.41) is 2.03. The summed E-state index contributed by atoms with van der Waals surface area (Å²) in [6, 6.07) is 8.35. The summed E-state index contributed by atoms with van der Waals surface area (Å²) in [6.45, 7) is 7.41. The Morgan fingerprint density at radius 1 is 1.03 bits per heavy atom. The first-order chi connectivity index (χ1) is 17.5. The van der Waals surface area contributed by atoms with Crippen molar-refractivity contribution in [1.29, 1.82) is 0 Å². The minimum absolute atomic E-state index is 0.0151. The Balaban J connectivity index is 1.49. The molecular weight excluding hydrogens is 477 g/mol. The summed E-state index contributed by atoms with van der Waals surface area (Å²) in [6.07, 6.45) is 5.16. The van der Waals surface area contributed by atoms with Gasteiger partial charge in [-0.15, -0.1) is 11.3 Å². The highest BCUT2D eigenvalue weighted by molar-refractivity contribution is 7.10. The smallest absolute Gasteiger partial charge is 0.242 e. The fourth-order valence-corrected chi connectivity index (χ4v) is 5.93. The Hall–Kier alpha value is -2.29. The van der Waals surface area contributed by atoms with Crippen molar-refractivity contribution < 1.29 is 18.7 Å². The van der Waals surface area contributed by atoms with Crippen molar-refractivity contribution >= 4 is 23.2 Å². The molecule has 2 fully saturated rings. The second-order valence-electron chi connectivity index (χ2n) is 9.95. The summed E-state index contributed by atoms with van der Waals surface area (Å²) in [7, 11) is 0. The third-order valence-electron chi connectivity index (χ3n) is 7.32. The predicted octanol–water partition coefficient (Wildman–Crippen LogP) is 4.47. The van der Waals surface area contributed by atoms with E-state index in [9.17, 15) is 14.0 Å². The molecule has 1 aromatic carbocycles. The van der Waals surface area contributed by atoms with Crippen LogP contribution in [0.1, 0.15) is 48.1 Å². The molecule has 0 unspecified atom stereocenters. The van der Waals surface area contributed by atoms with Gasteiger partial charge in [-0.05, 0) is 54.5 Å². The van der Waals surface area contributed by atoms with Crippen molar-refractivity contribution in [2.75, 3.05) is 45.9 Å². The molecule has 1 aliphatic heterocycles.